The molecule has 1 aliphatic carbocycles. The Morgan fingerprint density at radius 3 is 3.08 bits per heavy atom. The predicted molar refractivity (Wildman–Crippen MR) is 56.6 cm³/mol. The van der Waals surface area contributed by atoms with Crippen molar-refractivity contribution in [1.82, 2.24) is 0 Å². The highest BCUT2D eigenvalue weighted by atomic mass is 14.5. The highest BCUT2D eigenvalue weighted by Crippen LogP contribution is 2.25. The van der Waals surface area contributed by atoms with E-state index < -0.39 is 0 Å². The summed E-state index contributed by atoms with van der Waals surface area (Å²) in [6.45, 7) is 0.629. The first-order chi connectivity index (χ1) is 6.42. The third-order valence-electron chi connectivity index (χ3n) is 2.62. The van der Waals surface area contributed by atoms with Crippen molar-refractivity contribution in [3.63, 3.8) is 0 Å². The minimum atomic E-state index is 0.629. The molecular weight excluding hydrogens is 158 g/mol. The number of benzene rings is 1. The van der Waals surface area contributed by atoms with Crippen LogP contribution in [0.15, 0.2) is 24.3 Å². The summed E-state index contributed by atoms with van der Waals surface area (Å²) in [6, 6.07) is 6.55. The van der Waals surface area contributed by atoms with E-state index in [0.717, 1.165) is 0 Å². The van der Waals surface area contributed by atoms with Crippen LogP contribution in [0.4, 0.5) is 0 Å². The van der Waals surface area contributed by atoms with E-state index >= 15 is 0 Å². The largest absolute Gasteiger partial charge is 0.327 e. The lowest BCUT2D eigenvalue weighted by atomic mass is 10.0. The monoisotopic (exact) mass is 173 g/mol. The van der Waals surface area contributed by atoms with E-state index in [1.54, 1.807) is 0 Å². The number of hydrogen-bond donors (Lipinski definition) is 1. The van der Waals surface area contributed by atoms with Crippen molar-refractivity contribution in [3.8, 4) is 0 Å². The van der Waals surface area contributed by atoms with Gasteiger partial charge in [0.05, 0.1) is 0 Å². The summed E-state index contributed by atoms with van der Waals surface area (Å²) in [7, 11) is 0. The summed E-state index contributed by atoms with van der Waals surface area (Å²) < 4.78 is 0. The number of fused-ring (bicyclic) bond motifs is 1. The Kier molecular flexibility index (Phi) is 2.46. The van der Waals surface area contributed by atoms with Crippen molar-refractivity contribution in [2.24, 2.45) is 5.73 Å². The van der Waals surface area contributed by atoms with E-state index in [1.807, 2.05) is 6.08 Å². The molecule has 0 saturated carbocycles. The van der Waals surface area contributed by atoms with Crippen LogP contribution >= 0.6 is 0 Å². The van der Waals surface area contributed by atoms with Crippen LogP contribution in [0.5, 0.6) is 0 Å². The van der Waals surface area contributed by atoms with Gasteiger partial charge in [-0.3, -0.25) is 0 Å². The van der Waals surface area contributed by atoms with Gasteiger partial charge in [0.2, 0.25) is 0 Å². The molecule has 1 nitrogen and oxygen atoms in total. The van der Waals surface area contributed by atoms with Gasteiger partial charge < -0.3 is 5.73 Å². The Labute approximate surface area is 79.3 Å². The Balaban J connectivity index is 2.36. The Morgan fingerprint density at radius 1 is 1.31 bits per heavy atom. The summed E-state index contributed by atoms with van der Waals surface area (Å²) in [5, 5.41) is 0. The van der Waals surface area contributed by atoms with Gasteiger partial charge in [0, 0.05) is 6.54 Å². The van der Waals surface area contributed by atoms with Crippen LogP contribution in [0.25, 0.3) is 6.08 Å². The molecule has 2 N–H and O–H groups in total. The molecule has 0 aromatic heterocycles. The number of aryl methyl sites for hydroxylation is 1. The quantitative estimate of drug-likeness (QED) is 0.728. The third-order valence-corrected chi connectivity index (χ3v) is 2.62. The van der Waals surface area contributed by atoms with Gasteiger partial charge in [-0.15, -0.1) is 0 Å². The maximum atomic E-state index is 5.43. The smallest absolute Gasteiger partial charge is 0.0110 e. The molecule has 0 amide bonds. The van der Waals surface area contributed by atoms with Gasteiger partial charge >= 0.3 is 0 Å². The highest BCUT2D eigenvalue weighted by Gasteiger charge is 2.11. The lowest BCUT2D eigenvalue weighted by molar-refractivity contribution is 0.911. The van der Waals surface area contributed by atoms with Gasteiger partial charge in [0.15, 0.2) is 0 Å². The Morgan fingerprint density at radius 2 is 2.23 bits per heavy atom. The molecule has 0 fully saturated rings. The lowest BCUT2D eigenvalue weighted by Crippen LogP contribution is -1.93. The molecule has 13 heavy (non-hydrogen) atoms. The van der Waals surface area contributed by atoms with Crippen LogP contribution in [0.3, 0.4) is 0 Å². The zero-order chi connectivity index (χ0) is 9.10. The maximum Gasteiger partial charge on any atom is 0.0110 e. The van der Waals surface area contributed by atoms with Crippen molar-refractivity contribution in [2.45, 2.75) is 19.3 Å². The van der Waals surface area contributed by atoms with Crippen LogP contribution < -0.4 is 5.73 Å². The molecule has 0 heterocycles. The van der Waals surface area contributed by atoms with E-state index in [1.165, 1.54) is 36.0 Å². The number of rotatable bonds is 2. The van der Waals surface area contributed by atoms with Gasteiger partial charge in [-0.1, -0.05) is 30.4 Å². The normalized spacial score (nSPS) is 15.2. The minimum absolute atomic E-state index is 0.629. The van der Waals surface area contributed by atoms with E-state index in [0.29, 0.717) is 6.54 Å². The fourth-order valence-corrected chi connectivity index (χ4v) is 2.00. The molecule has 1 aliphatic rings. The lowest BCUT2D eigenvalue weighted by Gasteiger charge is -2.02. The first-order valence-corrected chi connectivity index (χ1v) is 4.89. The first-order valence-electron chi connectivity index (χ1n) is 4.89. The second kappa shape index (κ2) is 3.75. The van der Waals surface area contributed by atoms with E-state index in [2.05, 4.69) is 24.3 Å². The zero-order valence-electron chi connectivity index (χ0n) is 7.79. The Hall–Kier alpha value is -1.08. The van der Waals surface area contributed by atoms with Crippen LogP contribution in [0, 0.1) is 0 Å². The van der Waals surface area contributed by atoms with Gasteiger partial charge in [0.1, 0.15) is 0 Å². The molecule has 2 rings (SSSR count). The van der Waals surface area contributed by atoms with Crippen LogP contribution in [0.1, 0.15) is 23.1 Å². The Bertz CT molecular complexity index is 326. The molecule has 1 heteroatoms. The van der Waals surface area contributed by atoms with Crippen LogP contribution in [-0.4, -0.2) is 6.54 Å². The molecule has 0 spiro atoms. The number of hydrogen-bond acceptors (Lipinski definition) is 1. The highest BCUT2D eigenvalue weighted by molar-refractivity contribution is 5.57. The molecule has 0 radical (unpaired) electrons. The van der Waals surface area contributed by atoms with E-state index in [4.69, 9.17) is 5.73 Å². The van der Waals surface area contributed by atoms with Crippen molar-refractivity contribution >= 4 is 6.08 Å². The van der Waals surface area contributed by atoms with Crippen LogP contribution in [0.2, 0.25) is 0 Å². The topological polar surface area (TPSA) is 26.0 Å². The van der Waals surface area contributed by atoms with Gasteiger partial charge in [-0.05, 0) is 36.0 Å². The first kappa shape index (κ1) is 8.52. The molecule has 1 aromatic rings. The summed E-state index contributed by atoms with van der Waals surface area (Å²) >= 11 is 0. The second-order valence-corrected chi connectivity index (χ2v) is 3.48. The minimum Gasteiger partial charge on any atom is -0.327 e. The molecule has 0 aliphatic heterocycles. The average molecular weight is 173 g/mol. The predicted octanol–water partition coefficient (Wildman–Crippen LogP) is 2.15. The van der Waals surface area contributed by atoms with Crippen molar-refractivity contribution in [1.29, 1.82) is 0 Å². The average Bonchev–Trinajstić information content (AvgIpc) is 2.62. The molecule has 0 unspecified atom stereocenters. The summed E-state index contributed by atoms with van der Waals surface area (Å²) in [5.41, 5.74) is 9.86. The van der Waals surface area contributed by atoms with Crippen molar-refractivity contribution < 1.29 is 0 Å². The molecule has 0 bridgehead atoms. The standard InChI is InChI=1S/C12H15N/c13-9-3-7-11-5-1-4-10-6-2-8-12(10)11/h1,3-5,7H,2,6,8-9,13H2/b7-3+. The van der Waals surface area contributed by atoms with Gasteiger partial charge in [-0.2, -0.15) is 0 Å². The van der Waals surface area contributed by atoms with Crippen LogP contribution in [-0.2, 0) is 12.8 Å². The molecule has 68 valence electrons. The van der Waals surface area contributed by atoms with Crippen molar-refractivity contribution in [3.05, 3.63) is 41.0 Å². The zero-order valence-corrected chi connectivity index (χ0v) is 7.79. The summed E-state index contributed by atoms with van der Waals surface area (Å²) in [5.74, 6) is 0. The SMILES string of the molecule is NC/C=C/c1cccc2c1CCC2. The molecule has 0 saturated heterocycles. The fourth-order valence-electron chi connectivity index (χ4n) is 2.00. The van der Waals surface area contributed by atoms with Gasteiger partial charge in [0.25, 0.3) is 0 Å². The van der Waals surface area contributed by atoms with Crippen molar-refractivity contribution in [2.75, 3.05) is 6.54 Å². The second-order valence-electron chi connectivity index (χ2n) is 3.48. The van der Waals surface area contributed by atoms with E-state index in [-0.39, 0.29) is 0 Å². The van der Waals surface area contributed by atoms with E-state index in [9.17, 15) is 0 Å². The molecule has 1 aromatic carbocycles. The molecular formula is C12H15N. The molecule has 0 atom stereocenters. The fraction of sp³-hybridized carbons (Fsp3) is 0.333. The number of nitrogens with two attached hydrogens (primary N) is 1. The third kappa shape index (κ3) is 1.65. The van der Waals surface area contributed by atoms with Gasteiger partial charge in [-0.25, -0.2) is 0 Å². The maximum absolute atomic E-state index is 5.43. The summed E-state index contributed by atoms with van der Waals surface area (Å²) in [4.78, 5) is 0. The summed E-state index contributed by atoms with van der Waals surface area (Å²) in [6.07, 6.45) is 7.96.